The third-order valence-corrected chi connectivity index (χ3v) is 1.77. The van der Waals surface area contributed by atoms with Crippen LogP contribution in [0.25, 0.3) is 5.69 Å². The first kappa shape index (κ1) is 15.3. The van der Waals surface area contributed by atoms with Crippen molar-refractivity contribution >= 4 is 0 Å². The number of rotatable bonds is 1. The molecule has 2 rings (SSSR count). The molecule has 0 N–H and O–H groups in total. The Bertz CT molecular complexity index is 404. The van der Waals surface area contributed by atoms with Gasteiger partial charge < -0.3 is 0 Å². The van der Waals surface area contributed by atoms with E-state index in [-0.39, 0.29) is 0 Å². The van der Waals surface area contributed by atoms with Crippen molar-refractivity contribution < 1.29 is 0 Å². The zero-order valence-electron chi connectivity index (χ0n) is 11.6. The lowest BCUT2D eigenvalue weighted by atomic mass is 10.3. The van der Waals surface area contributed by atoms with Gasteiger partial charge in [0, 0.05) is 5.69 Å². The fourth-order valence-electron chi connectivity index (χ4n) is 1.07. The predicted octanol–water partition coefficient (Wildman–Crippen LogP) is 3.33. The summed E-state index contributed by atoms with van der Waals surface area (Å²) in [6.45, 7) is 11.9. The van der Waals surface area contributed by atoms with Gasteiger partial charge in [0.1, 0.15) is 0 Å². The van der Waals surface area contributed by atoms with Crippen LogP contribution in [0.5, 0.6) is 0 Å². The van der Waals surface area contributed by atoms with E-state index in [1.807, 2.05) is 59.9 Å². The van der Waals surface area contributed by atoms with Crippen LogP contribution in [0.15, 0.2) is 24.5 Å². The Labute approximate surface area is 104 Å². The summed E-state index contributed by atoms with van der Waals surface area (Å²) in [5.41, 5.74) is 2.84. The molecule has 0 aliphatic rings. The van der Waals surface area contributed by atoms with Crippen molar-refractivity contribution in [2.24, 2.45) is 0 Å². The minimum atomic E-state index is 0.903. The SMILES string of the molecule is CC.CC.Cc1ccc(-n2cc(C)nn2)cn1. The van der Waals surface area contributed by atoms with Gasteiger partial charge in [-0.05, 0) is 26.0 Å². The fraction of sp³-hybridized carbons (Fsp3) is 0.462. The second-order valence-corrected chi connectivity index (χ2v) is 2.96. The van der Waals surface area contributed by atoms with E-state index in [4.69, 9.17) is 0 Å². The molecule has 0 saturated carbocycles. The molecule has 0 bridgehead atoms. The Hall–Kier alpha value is -1.71. The first-order chi connectivity index (χ1) is 8.25. The lowest BCUT2D eigenvalue weighted by Gasteiger charge is -1.98. The molecule has 94 valence electrons. The Morgan fingerprint density at radius 1 is 0.941 bits per heavy atom. The average Bonchev–Trinajstić information content (AvgIpc) is 2.82. The minimum Gasteiger partial charge on any atom is -0.259 e. The lowest BCUT2D eigenvalue weighted by molar-refractivity contribution is 0.796. The predicted molar refractivity (Wildman–Crippen MR) is 71.3 cm³/mol. The van der Waals surface area contributed by atoms with E-state index in [0.717, 1.165) is 17.1 Å². The molecule has 0 aliphatic carbocycles. The van der Waals surface area contributed by atoms with Crippen LogP contribution in [0.4, 0.5) is 0 Å². The van der Waals surface area contributed by atoms with Crippen molar-refractivity contribution in [3.63, 3.8) is 0 Å². The summed E-state index contributed by atoms with van der Waals surface area (Å²) in [6.07, 6.45) is 3.65. The molecule has 2 heterocycles. The molecule has 0 aromatic carbocycles. The Balaban J connectivity index is 0.000000581. The number of hydrogen-bond acceptors (Lipinski definition) is 3. The summed E-state index contributed by atoms with van der Waals surface area (Å²) >= 11 is 0. The van der Waals surface area contributed by atoms with Crippen LogP contribution in [0.1, 0.15) is 39.1 Å². The van der Waals surface area contributed by atoms with E-state index in [1.54, 1.807) is 10.9 Å². The van der Waals surface area contributed by atoms with E-state index in [9.17, 15) is 0 Å². The molecule has 4 heteroatoms. The van der Waals surface area contributed by atoms with Crippen molar-refractivity contribution in [2.45, 2.75) is 41.5 Å². The third-order valence-electron chi connectivity index (χ3n) is 1.77. The molecule has 0 aliphatic heterocycles. The zero-order valence-corrected chi connectivity index (χ0v) is 11.6. The van der Waals surface area contributed by atoms with Gasteiger partial charge in [0.05, 0.1) is 23.8 Å². The van der Waals surface area contributed by atoms with Crippen molar-refractivity contribution in [1.29, 1.82) is 0 Å². The van der Waals surface area contributed by atoms with Gasteiger partial charge in [-0.3, -0.25) is 4.98 Å². The Kier molecular flexibility index (Phi) is 7.59. The molecule has 0 atom stereocenters. The van der Waals surface area contributed by atoms with Crippen LogP contribution in [-0.4, -0.2) is 20.0 Å². The molecule has 4 nitrogen and oxygen atoms in total. The first-order valence-corrected chi connectivity index (χ1v) is 6.08. The monoisotopic (exact) mass is 234 g/mol. The smallest absolute Gasteiger partial charge is 0.0846 e. The van der Waals surface area contributed by atoms with Gasteiger partial charge in [-0.1, -0.05) is 32.9 Å². The highest BCUT2D eigenvalue weighted by molar-refractivity contribution is 5.27. The number of aryl methyl sites for hydroxylation is 2. The van der Waals surface area contributed by atoms with Gasteiger partial charge in [0.2, 0.25) is 0 Å². The lowest BCUT2D eigenvalue weighted by Crippen LogP contribution is -1.95. The number of pyridine rings is 1. The summed E-state index contributed by atoms with van der Waals surface area (Å²) in [7, 11) is 0. The topological polar surface area (TPSA) is 43.6 Å². The molecule has 0 unspecified atom stereocenters. The molecule has 2 aromatic heterocycles. The molecule has 0 fully saturated rings. The molecule has 0 spiro atoms. The number of nitrogens with zero attached hydrogens (tertiary/aromatic N) is 4. The van der Waals surface area contributed by atoms with Crippen LogP contribution >= 0.6 is 0 Å². The van der Waals surface area contributed by atoms with Crippen LogP contribution < -0.4 is 0 Å². The van der Waals surface area contributed by atoms with Crippen LogP contribution in [-0.2, 0) is 0 Å². The summed E-state index contributed by atoms with van der Waals surface area (Å²) in [5.74, 6) is 0. The molecular weight excluding hydrogens is 212 g/mol. The van der Waals surface area contributed by atoms with Crippen molar-refractivity contribution in [2.75, 3.05) is 0 Å². The molecule has 2 aromatic rings. The highest BCUT2D eigenvalue weighted by atomic mass is 15.4. The van der Waals surface area contributed by atoms with Crippen molar-refractivity contribution in [1.82, 2.24) is 20.0 Å². The summed E-state index contributed by atoms with van der Waals surface area (Å²) in [4.78, 5) is 4.18. The largest absolute Gasteiger partial charge is 0.259 e. The van der Waals surface area contributed by atoms with Crippen molar-refractivity contribution in [3.8, 4) is 5.69 Å². The number of hydrogen-bond donors (Lipinski definition) is 0. The highest BCUT2D eigenvalue weighted by Crippen LogP contribution is 2.04. The van der Waals surface area contributed by atoms with E-state index in [1.165, 1.54) is 0 Å². The maximum absolute atomic E-state index is 4.18. The number of aromatic nitrogens is 4. The van der Waals surface area contributed by atoms with Gasteiger partial charge in [0.15, 0.2) is 0 Å². The van der Waals surface area contributed by atoms with Gasteiger partial charge in [0.25, 0.3) is 0 Å². The highest BCUT2D eigenvalue weighted by Gasteiger charge is 1.98. The van der Waals surface area contributed by atoms with E-state index < -0.39 is 0 Å². The van der Waals surface area contributed by atoms with Crippen LogP contribution in [0.2, 0.25) is 0 Å². The quantitative estimate of drug-likeness (QED) is 0.760. The fourth-order valence-corrected chi connectivity index (χ4v) is 1.07. The third kappa shape index (κ3) is 4.76. The molecule has 0 amide bonds. The maximum Gasteiger partial charge on any atom is 0.0846 e. The van der Waals surface area contributed by atoms with E-state index >= 15 is 0 Å². The van der Waals surface area contributed by atoms with Crippen molar-refractivity contribution in [3.05, 3.63) is 35.9 Å². The molecule has 0 saturated heterocycles. The van der Waals surface area contributed by atoms with Gasteiger partial charge in [-0.15, -0.1) is 5.10 Å². The van der Waals surface area contributed by atoms with Gasteiger partial charge in [-0.2, -0.15) is 0 Å². The standard InChI is InChI=1S/C9H10N4.2C2H6/c1-7-3-4-9(5-10-7)13-6-8(2)11-12-13;2*1-2/h3-6H,1-2H3;2*1-2H3. The zero-order chi connectivity index (χ0) is 13.3. The minimum absolute atomic E-state index is 0.903. The van der Waals surface area contributed by atoms with Gasteiger partial charge in [-0.25, -0.2) is 4.68 Å². The second kappa shape index (κ2) is 8.44. The second-order valence-electron chi connectivity index (χ2n) is 2.96. The van der Waals surface area contributed by atoms with Gasteiger partial charge >= 0.3 is 0 Å². The molecular formula is C13H22N4. The van der Waals surface area contributed by atoms with E-state index in [0.29, 0.717) is 0 Å². The average molecular weight is 234 g/mol. The Morgan fingerprint density at radius 2 is 1.59 bits per heavy atom. The maximum atomic E-state index is 4.18. The summed E-state index contributed by atoms with van der Waals surface area (Å²) in [5, 5.41) is 7.84. The van der Waals surface area contributed by atoms with Crippen LogP contribution in [0.3, 0.4) is 0 Å². The first-order valence-electron chi connectivity index (χ1n) is 6.08. The van der Waals surface area contributed by atoms with Crippen LogP contribution in [0, 0.1) is 13.8 Å². The Morgan fingerprint density at radius 3 is 2.00 bits per heavy atom. The summed E-state index contributed by atoms with van der Waals surface area (Å²) < 4.78 is 1.71. The molecule has 17 heavy (non-hydrogen) atoms. The normalized spacial score (nSPS) is 8.59. The molecule has 0 radical (unpaired) electrons. The van der Waals surface area contributed by atoms with E-state index in [2.05, 4.69) is 15.3 Å². The summed E-state index contributed by atoms with van der Waals surface area (Å²) in [6, 6.07) is 3.92.